The topological polar surface area (TPSA) is 137 Å². The molecule has 10 heteroatoms. The highest BCUT2D eigenvalue weighted by Gasteiger charge is 2.41. The normalized spacial score (nSPS) is 15.6. The van der Waals surface area contributed by atoms with Crippen LogP contribution in [0.5, 0.6) is 0 Å². The van der Waals surface area contributed by atoms with E-state index in [-0.39, 0.29) is 11.3 Å². The molecule has 0 bridgehead atoms. The molecule has 0 N–H and O–H groups in total. The van der Waals surface area contributed by atoms with Gasteiger partial charge in [-0.3, -0.25) is 38.4 Å². The molecule has 1 aliphatic rings. The highest BCUT2D eigenvalue weighted by atomic mass is 31.1. The molecule has 234 valence electrons. The van der Waals surface area contributed by atoms with Gasteiger partial charge in [0.2, 0.25) is 0 Å². The van der Waals surface area contributed by atoms with E-state index in [1.54, 1.807) is 48.5 Å². The van der Waals surface area contributed by atoms with E-state index in [2.05, 4.69) is 0 Å². The van der Waals surface area contributed by atoms with Gasteiger partial charge in [-0.15, -0.1) is 0 Å². The largest absolute Gasteiger partial charge is 0.298 e. The second kappa shape index (κ2) is 15.1. The molecule has 4 aromatic carbocycles. The van der Waals surface area contributed by atoms with Crippen molar-refractivity contribution in [1.82, 2.24) is 0 Å². The zero-order valence-electron chi connectivity index (χ0n) is 25.0. The van der Waals surface area contributed by atoms with Crippen molar-refractivity contribution in [1.29, 1.82) is 0 Å². The molecule has 0 unspecified atom stereocenters. The first kappa shape index (κ1) is 33.5. The van der Waals surface area contributed by atoms with Crippen LogP contribution >= 0.6 is 15.8 Å². The zero-order chi connectivity index (χ0) is 33.5. The first-order valence-corrected chi connectivity index (χ1v) is 17.5. The summed E-state index contributed by atoms with van der Waals surface area (Å²) in [5.74, 6) is 0. The number of aldehydes is 8. The summed E-state index contributed by atoms with van der Waals surface area (Å²) < 4.78 is 0. The van der Waals surface area contributed by atoms with Crippen molar-refractivity contribution in [2.75, 3.05) is 0 Å². The summed E-state index contributed by atoms with van der Waals surface area (Å²) >= 11 is 0. The summed E-state index contributed by atoms with van der Waals surface area (Å²) in [6.45, 7) is 0. The highest BCUT2D eigenvalue weighted by Crippen LogP contribution is 2.58. The fourth-order valence-electron chi connectivity index (χ4n) is 6.32. The number of hydrogen-bond acceptors (Lipinski definition) is 8. The lowest BCUT2D eigenvalue weighted by Crippen LogP contribution is -2.32. The van der Waals surface area contributed by atoms with E-state index in [1.807, 2.05) is 0 Å². The maximum Gasteiger partial charge on any atom is 0.150 e. The van der Waals surface area contributed by atoms with Crippen LogP contribution in [0.2, 0.25) is 0 Å². The molecule has 0 saturated heterocycles. The first-order chi connectivity index (χ1) is 22.9. The molecule has 0 heterocycles. The van der Waals surface area contributed by atoms with Gasteiger partial charge in [0.1, 0.15) is 50.3 Å². The molecule has 0 spiro atoms. The van der Waals surface area contributed by atoms with E-state index in [9.17, 15) is 38.4 Å². The fraction of sp³-hybridized carbons (Fsp3) is 0.135. The van der Waals surface area contributed by atoms with Gasteiger partial charge in [0.25, 0.3) is 0 Å². The Morgan fingerprint density at radius 2 is 0.532 bits per heavy atom. The SMILES string of the molecule is O=Cc1cc(C=O)cc(P(c2cc(C=O)cc(C=O)c2)[C@H]2CCC[C@@H]2P(c2cc(C=O)cc(C=O)c2)c2cc(C=O)cc(C=O)c2)c1. The van der Waals surface area contributed by atoms with Gasteiger partial charge in [0, 0.05) is 44.5 Å². The molecule has 47 heavy (non-hydrogen) atoms. The van der Waals surface area contributed by atoms with Crippen LogP contribution in [0.3, 0.4) is 0 Å². The number of carbonyl (C=O) groups is 8. The Kier molecular flexibility index (Phi) is 10.8. The van der Waals surface area contributed by atoms with E-state index < -0.39 is 15.8 Å². The lowest BCUT2D eigenvalue weighted by Gasteiger charge is -2.36. The predicted molar refractivity (Wildman–Crippen MR) is 183 cm³/mol. The summed E-state index contributed by atoms with van der Waals surface area (Å²) in [6.07, 6.45) is 7.54. The number of rotatable bonds is 14. The van der Waals surface area contributed by atoms with Crippen LogP contribution in [0.4, 0.5) is 0 Å². The van der Waals surface area contributed by atoms with Gasteiger partial charge in [-0.05, 0) is 134 Å². The van der Waals surface area contributed by atoms with Crippen molar-refractivity contribution in [3.63, 3.8) is 0 Å². The quantitative estimate of drug-likeness (QED) is 0.140. The maximum absolute atomic E-state index is 12.0. The van der Waals surface area contributed by atoms with E-state index in [4.69, 9.17) is 0 Å². The molecule has 1 saturated carbocycles. The van der Waals surface area contributed by atoms with Crippen LogP contribution in [0.1, 0.15) is 102 Å². The molecule has 0 amide bonds. The third-order valence-corrected chi connectivity index (χ3v) is 14.2. The smallest absolute Gasteiger partial charge is 0.150 e. The van der Waals surface area contributed by atoms with Crippen LogP contribution in [0, 0.1) is 0 Å². The van der Waals surface area contributed by atoms with Crippen molar-refractivity contribution in [2.45, 2.75) is 30.6 Å². The van der Waals surface area contributed by atoms with Crippen LogP contribution < -0.4 is 21.2 Å². The van der Waals surface area contributed by atoms with Gasteiger partial charge in [-0.25, -0.2) is 0 Å². The first-order valence-electron chi connectivity index (χ1n) is 14.7. The van der Waals surface area contributed by atoms with Crippen molar-refractivity contribution >= 4 is 87.4 Å². The Hall–Kier alpha value is -4.90. The molecule has 5 rings (SSSR count). The van der Waals surface area contributed by atoms with Crippen molar-refractivity contribution < 1.29 is 38.4 Å². The molecule has 0 aromatic heterocycles. The minimum atomic E-state index is -1.43. The predicted octanol–water partition coefficient (Wildman–Crippen LogP) is 4.67. The summed E-state index contributed by atoms with van der Waals surface area (Å²) in [4.78, 5) is 95.8. The van der Waals surface area contributed by atoms with Crippen LogP contribution in [0.15, 0.2) is 72.8 Å². The maximum atomic E-state index is 12.0. The van der Waals surface area contributed by atoms with Crippen LogP contribution in [-0.4, -0.2) is 61.6 Å². The highest BCUT2D eigenvalue weighted by molar-refractivity contribution is 7.77. The van der Waals surface area contributed by atoms with Gasteiger partial charge in [0.05, 0.1) is 0 Å². The second-order valence-corrected chi connectivity index (χ2v) is 16.1. The average molecular weight is 663 g/mol. The summed E-state index contributed by atoms with van der Waals surface area (Å²) in [6, 6.07) is 19.8. The van der Waals surface area contributed by atoms with E-state index in [0.29, 0.717) is 129 Å². The Morgan fingerprint density at radius 3 is 0.702 bits per heavy atom. The molecule has 1 fully saturated rings. The summed E-state index contributed by atoms with van der Waals surface area (Å²) in [5, 5.41) is 2.85. The van der Waals surface area contributed by atoms with Gasteiger partial charge in [-0.1, -0.05) is 6.42 Å². The lowest BCUT2D eigenvalue weighted by molar-refractivity contribution is 0.111. The van der Waals surface area contributed by atoms with Gasteiger partial charge in [-0.2, -0.15) is 0 Å². The molecule has 0 aliphatic heterocycles. The van der Waals surface area contributed by atoms with Crippen molar-refractivity contribution in [3.05, 3.63) is 117 Å². The lowest BCUT2D eigenvalue weighted by atomic mass is 10.1. The molecule has 1 aliphatic carbocycles. The number of benzene rings is 4. The molecular formula is C37H28O8P2. The second-order valence-electron chi connectivity index (χ2n) is 11.2. The number of hydrogen-bond donors (Lipinski definition) is 0. The zero-order valence-corrected chi connectivity index (χ0v) is 26.8. The van der Waals surface area contributed by atoms with Crippen molar-refractivity contribution in [3.8, 4) is 0 Å². The third kappa shape index (κ3) is 7.25. The average Bonchev–Trinajstić information content (AvgIpc) is 3.59. The molecule has 4 aromatic rings. The summed E-state index contributed by atoms with van der Waals surface area (Å²) in [5.41, 5.74) is 2.16. The Labute approximate surface area is 273 Å². The van der Waals surface area contributed by atoms with E-state index in [0.717, 1.165) is 6.42 Å². The Morgan fingerprint density at radius 1 is 0.340 bits per heavy atom. The fourth-order valence-corrected chi connectivity index (χ4v) is 13.4. The molecule has 2 atom stereocenters. The summed E-state index contributed by atoms with van der Waals surface area (Å²) in [7, 11) is -2.87. The van der Waals surface area contributed by atoms with Crippen LogP contribution in [0.25, 0.3) is 0 Å². The van der Waals surface area contributed by atoms with E-state index in [1.165, 1.54) is 24.3 Å². The monoisotopic (exact) mass is 662 g/mol. The van der Waals surface area contributed by atoms with Gasteiger partial charge in [0.15, 0.2) is 0 Å². The Bertz CT molecular complexity index is 1550. The molecule has 8 nitrogen and oxygen atoms in total. The van der Waals surface area contributed by atoms with Crippen molar-refractivity contribution in [2.24, 2.45) is 0 Å². The minimum Gasteiger partial charge on any atom is -0.298 e. The van der Waals surface area contributed by atoms with Gasteiger partial charge >= 0.3 is 0 Å². The minimum absolute atomic E-state index is 0.141. The van der Waals surface area contributed by atoms with Gasteiger partial charge < -0.3 is 0 Å². The number of carbonyl (C=O) groups excluding carboxylic acids is 8. The Balaban J connectivity index is 1.80. The molecule has 0 radical (unpaired) electrons. The van der Waals surface area contributed by atoms with Crippen LogP contribution in [-0.2, 0) is 0 Å². The third-order valence-electron chi connectivity index (χ3n) is 8.16. The van der Waals surface area contributed by atoms with E-state index >= 15 is 0 Å². The molecular weight excluding hydrogens is 634 g/mol. The standard InChI is InChI=1S/C37H28O8P2/c38-16-24-4-25(17-39)9-32(8-24)46(33-10-26(18-40)5-27(11-33)19-41)36-2-1-3-37(36)47(34-12-28(20-42)6-29(13-34)21-43)35-14-30(22-44)7-31(15-35)23-45/h4-23,36-37H,1-3H2/t36-,37-/m0/s1.